The normalized spacial score (nSPS) is 11.4. The molecule has 3 rings (SSSR count). The molecule has 1 amide bonds. The molecule has 0 fully saturated rings. The number of aliphatic hydroxyl groups is 1. The van der Waals surface area contributed by atoms with Crippen molar-refractivity contribution in [3.8, 4) is 0 Å². The van der Waals surface area contributed by atoms with Crippen LogP contribution in [-0.4, -0.2) is 28.2 Å². The summed E-state index contributed by atoms with van der Waals surface area (Å²) in [4.78, 5) is 28.7. The highest BCUT2D eigenvalue weighted by atomic mass is 32.1. The number of hydrogen-bond donors (Lipinski definition) is 1. The number of nitrogens with zero attached hydrogens (tertiary/aromatic N) is 2. The van der Waals surface area contributed by atoms with Crippen LogP contribution >= 0.6 is 11.3 Å². The number of aliphatic hydroxyl groups excluding tert-OH is 1. The highest BCUT2D eigenvalue weighted by Crippen LogP contribution is 2.07. The fraction of sp³-hybridized carbons (Fsp3) is 0.190. The Morgan fingerprint density at radius 1 is 1.07 bits per heavy atom. The van der Waals surface area contributed by atoms with E-state index < -0.39 is 18.5 Å². The second-order valence-electron chi connectivity index (χ2n) is 6.24. The summed E-state index contributed by atoms with van der Waals surface area (Å²) in [5, 5.41) is 10.9. The quantitative estimate of drug-likeness (QED) is 0.650. The number of carbonyl (C=O) groups excluding carboxylic acids is 2. The van der Waals surface area contributed by atoms with Gasteiger partial charge in [0.25, 0.3) is 5.91 Å². The number of aromatic nitrogens is 1. The minimum Gasteiger partial charge on any atom is -0.452 e. The molecule has 6 nitrogen and oxygen atoms in total. The number of thiazole rings is 1. The van der Waals surface area contributed by atoms with E-state index in [0.29, 0.717) is 22.5 Å². The minimum atomic E-state index is -0.605. The number of ether oxygens (including phenoxy) is 1. The van der Waals surface area contributed by atoms with Crippen molar-refractivity contribution in [2.75, 3.05) is 6.61 Å². The number of benzene rings is 2. The van der Waals surface area contributed by atoms with E-state index in [4.69, 9.17) is 9.84 Å². The summed E-state index contributed by atoms with van der Waals surface area (Å²) in [5.74, 6) is -1.13. The Morgan fingerprint density at radius 3 is 2.43 bits per heavy atom. The monoisotopic (exact) mass is 396 g/mol. The van der Waals surface area contributed by atoms with E-state index in [1.54, 1.807) is 24.3 Å². The summed E-state index contributed by atoms with van der Waals surface area (Å²) >= 11 is 1.35. The van der Waals surface area contributed by atoms with Gasteiger partial charge in [-0.15, -0.1) is 11.3 Å². The summed E-state index contributed by atoms with van der Waals surface area (Å²) < 4.78 is 6.91. The van der Waals surface area contributed by atoms with Gasteiger partial charge in [0, 0.05) is 18.1 Å². The van der Waals surface area contributed by atoms with E-state index in [1.165, 1.54) is 16.9 Å². The van der Waals surface area contributed by atoms with Crippen molar-refractivity contribution < 1.29 is 19.4 Å². The smallest absolute Gasteiger partial charge is 0.338 e. The van der Waals surface area contributed by atoms with Crippen LogP contribution in [0.4, 0.5) is 0 Å². The van der Waals surface area contributed by atoms with Crippen molar-refractivity contribution in [2.45, 2.75) is 20.1 Å². The van der Waals surface area contributed by atoms with E-state index in [0.717, 1.165) is 5.56 Å². The molecular weight excluding hydrogens is 376 g/mol. The first-order valence-corrected chi connectivity index (χ1v) is 9.57. The van der Waals surface area contributed by atoms with Gasteiger partial charge >= 0.3 is 5.97 Å². The van der Waals surface area contributed by atoms with Crippen LogP contribution in [0, 0.1) is 6.92 Å². The Morgan fingerprint density at radius 2 is 1.75 bits per heavy atom. The lowest BCUT2D eigenvalue weighted by molar-refractivity contribution is -0.121. The lowest BCUT2D eigenvalue weighted by Gasteiger charge is -2.04. The Labute approximate surface area is 166 Å². The number of esters is 1. The fourth-order valence-corrected chi connectivity index (χ4v) is 3.24. The lowest BCUT2D eigenvalue weighted by Crippen LogP contribution is -2.20. The summed E-state index contributed by atoms with van der Waals surface area (Å²) in [6.07, 6.45) is 1.87. The van der Waals surface area contributed by atoms with Crippen LogP contribution in [0.5, 0.6) is 0 Å². The zero-order valence-corrected chi connectivity index (χ0v) is 16.2. The zero-order valence-electron chi connectivity index (χ0n) is 15.4. The molecule has 7 heteroatoms. The molecule has 0 aliphatic rings. The Bertz CT molecular complexity index is 1020. The number of aryl methyl sites for hydroxylation is 1. The van der Waals surface area contributed by atoms with Gasteiger partial charge < -0.3 is 14.4 Å². The van der Waals surface area contributed by atoms with E-state index in [1.807, 2.05) is 47.3 Å². The van der Waals surface area contributed by atoms with Gasteiger partial charge in [0.15, 0.2) is 11.4 Å². The van der Waals surface area contributed by atoms with Crippen LogP contribution in [0.2, 0.25) is 0 Å². The predicted molar refractivity (Wildman–Crippen MR) is 106 cm³/mol. The van der Waals surface area contributed by atoms with Crippen molar-refractivity contribution in [2.24, 2.45) is 4.99 Å². The van der Waals surface area contributed by atoms with E-state index in [2.05, 4.69) is 4.99 Å². The van der Waals surface area contributed by atoms with Crippen molar-refractivity contribution in [3.05, 3.63) is 87.2 Å². The van der Waals surface area contributed by atoms with Gasteiger partial charge in [-0.3, -0.25) is 4.79 Å². The fourth-order valence-electron chi connectivity index (χ4n) is 2.49. The molecule has 0 saturated carbocycles. The van der Waals surface area contributed by atoms with E-state index in [-0.39, 0.29) is 6.61 Å². The predicted octanol–water partition coefficient (Wildman–Crippen LogP) is 2.68. The molecule has 1 heterocycles. The van der Waals surface area contributed by atoms with Gasteiger partial charge in [-0.2, -0.15) is 4.99 Å². The van der Waals surface area contributed by atoms with Crippen LogP contribution in [0.25, 0.3) is 0 Å². The third kappa shape index (κ3) is 5.25. The summed E-state index contributed by atoms with van der Waals surface area (Å²) in [6, 6.07) is 14.5. The molecule has 1 N–H and O–H groups in total. The largest absolute Gasteiger partial charge is 0.452 e. The molecule has 0 aliphatic carbocycles. The van der Waals surface area contributed by atoms with Crippen LogP contribution in [0.15, 0.2) is 65.1 Å². The van der Waals surface area contributed by atoms with Crippen molar-refractivity contribution in [3.63, 3.8) is 0 Å². The second-order valence-corrected chi connectivity index (χ2v) is 7.11. The molecule has 28 heavy (non-hydrogen) atoms. The minimum absolute atomic E-state index is 0.101. The summed E-state index contributed by atoms with van der Waals surface area (Å²) in [6.45, 7) is 2.11. The average Bonchev–Trinajstić information content (AvgIpc) is 3.14. The first-order valence-electron chi connectivity index (χ1n) is 8.69. The number of carbonyl (C=O) groups is 2. The van der Waals surface area contributed by atoms with Crippen molar-refractivity contribution >= 4 is 23.2 Å². The van der Waals surface area contributed by atoms with E-state index >= 15 is 0 Å². The average molecular weight is 396 g/mol. The van der Waals surface area contributed by atoms with Crippen LogP contribution < -0.4 is 4.80 Å². The van der Waals surface area contributed by atoms with Gasteiger partial charge in [0.1, 0.15) is 0 Å². The number of hydrogen-bond acceptors (Lipinski definition) is 5. The topological polar surface area (TPSA) is 80.9 Å². The van der Waals surface area contributed by atoms with E-state index in [9.17, 15) is 9.59 Å². The van der Waals surface area contributed by atoms with Gasteiger partial charge in [0.05, 0.1) is 12.2 Å². The molecule has 2 aromatic carbocycles. The molecule has 0 radical (unpaired) electrons. The number of amides is 1. The standard InChI is InChI=1S/C21H20N2O4S/c1-15-2-4-16(5-3-15)12-23-10-11-28-21(23)22-19(25)14-27-20(26)18-8-6-17(13-24)7-9-18/h2-11,24H,12-14H2,1H3. The molecule has 0 saturated heterocycles. The molecule has 0 spiro atoms. The maximum absolute atomic E-state index is 12.1. The lowest BCUT2D eigenvalue weighted by atomic mass is 10.1. The molecular formula is C21H20N2O4S. The summed E-state index contributed by atoms with van der Waals surface area (Å²) in [5.41, 5.74) is 3.30. The molecule has 0 bridgehead atoms. The third-order valence-corrected chi connectivity index (χ3v) is 4.85. The van der Waals surface area contributed by atoms with Crippen LogP contribution in [0.1, 0.15) is 27.0 Å². The Hall–Kier alpha value is -3.03. The molecule has 1 aromatic heterocycles. The summed E-state index contributed by atoms with van der Waals surface area (Å²) in [7, 11) is 0. The molecule has 3 aromatic rings. The molecule has 0 atom stereocenters. The van der Waals surface area contributed by atoms with Crippen molar-refractivity contribution in [1.29, 1.82) is 0 Å². The Balaban J connectivity index is 1.62. The first kappa shape index (κ1) is 19.7. The maximum Gasteiger partial charge on any atom is 0.338 e. The van der Waals surface area contributed by atoms with Crippen LogP contribution in [0.3, 0.4) is 0 Å². The van der Waals surface area contributed by atoms with Gasteiger partial charge in [-0.25, -0.2) is 4.79 Å². The highest BCUT2D eigenvalue weighted by molar-refractivity contribution is 7.07. The first-order chi connectivity index (χ1) is 13.5. The zero-order chi connectivity index (χ0) is 19.9. The Kier molecular flexibility index (Phi) is 6.52. The van der Waals surface area contributed by atoms with Crippen molar-refractivity contribution in [1.82, 2.24) is 4.57 Å². The van der Waals surface area contributed by atoms with Gasteiger partial charge in [-0.1, -0.05) is 42.0 Å². The molecule has 0 unspecified atom stereocenters. The molecule has 144 valence electrons. The SMILES string of the molecule is Cc1ccc(Cn2ccsc2=NC(=O)COC(=O)c2ccc(CO)cc2)cc1. The maximum atomic E-state index is 12.1. The second kappa shape index (κ2) is 9.25. The highest BCUT2D eigenvalue weighted by Gasteiger charge is 2.10. The van der Waals surface area contributed by atoms with Crippen LogP contribution in [-0.2, 0) is 22.7 Å². The van der Waals surface area contributed by atoms with Gasteiger partial charge in [0.2, 0.25) is 0 Å². The van der Waals surface area contributed by atoms with Gasteiger partial charge in [-0.05, 0) is 30.2 Å². The third-order valence-electron chi connectivity index (χ3n) is 4.05. The number of rotatable bonds is 6. The molecule has 0 aliphatic heterocycles.